The summed E-state index contributed by atoms with van der Waals surface area (Å²) in [5.74, 6) is 0. The van der Waals surface area contributed by atoms with Crippen molar-refractivity contribution in [1.29, 1.82) is 0 Å². The van der Waals surface area contributed by atoms with Gasteiger partial charge in [0.05, 0.1) is 12.2 Å². The molecule has 0 saturated carbocycles. The number of benzene rings is 1. The average Bonchev–Trinajstić information content (AvgIpc) is 2.39. The largest absolute Gasteiger partial charge is 0.373 e. The van der Waals surface area contributed by atoms with Gasteiger partial charge in [0, 0.05) is 25.7 Å². The third-order valence-electron chi connectivity index (χ3n) is 3.85. The Kier molecular flexibility index (Phi) is 5.37. The van der Waals surface area contributed by atoms with Crippen molar-refractivity contribution in [3.05, 3.63) is 35.9 Å². The van der Waals surface area contributed by atoms with E-state index in [0.29, 0.717) is 18.2 Å². The Morgan fingerprint density at radius 2 is 1.84 bits per heavy atom. The Balaban J connectivity index is 1.89. The number of hydrogen-bond donors (Lipinski definition) is 1. The predicted octanol–water partition coefficient (Wildman–Crippen LogP) is 2.06. The van der Waals surface area contributed by atoms with Crippen LogP contribution in [0.4, 0.5) is 0 Å². The zero-order valence-corrected chi connectivity index (χ0v) is 12.1. The monoisotopic (exact) mass is 262 g/mol. The Labute approximate surface area is 116 Å². The van der Waals surface area contributed by atoms with E-state index in [1.54, 1.807) is 0 Å². The molecule has 1 fully saturated rings. The minimum atomic E-state index is 0.314. The highest BCUT2D eigenvalue weighted by atomic mass is 16.5. The van der Waals surface area contributed by atoms with Crippen LogP contribution in [0.5, 0.6) is 0 Å². The van der Waals surface area contributed by atoms with Gasteiger partial charge in [-0.3, -0.25) is 4.90 Å². The molecule has 1 aliphatic rings. The minimum Gasteiger partial charge on any atom is -0.373 e. The van der Waals surface area contributed by atoms with Crippen LogP contribution in [0.3, 0.4) is 0 Å². The normalized spacial score (nSPS) is 26.3. The Hall–Kier alpha value is -0.900. The molecule has 1 unspecified atom stereocenters. The van der Waals surface area contributed by atoms with Gasteiger partial charge in [0.2, 0.25) is 0 Å². The molecule has 0 aliphatic carbocycles. The van der Waals surface area contributed by atoms with Crippen LogP contribution in [0.15, 0.2) is 30.3 Å². The molecule has 1 aromatic carbocycles. The first-order chi connectivity index (χ1) is 9.19. The van der Waals surface area contributed by atoms with Crippen molar-refractivity contribution in [1.82, 2.24) is 4.90 Å². The summed E-state index contributed by atoms with van der Waals surface area (Å²) >= 11 is 0. The average molecular weight is 262 g/mol. The molecule has 3 heteroatoms. The number of nitrogens with two attached hydrogens (primary N) is 1. The third-order valence-corrected chi connectivity index (χ3v) is 3.85. The summed E-state index contributed by atoms with van der Waals surface area (Å²) in [6.45, 7) is 7.02. The molecular weight excluding hydrogens is 236 g/mol. The highest BCUT2D eigenvalue weighted by molar-refractivity contribution is 5.14. The highest BCUT2D eigenvalue weighted by Gasteiger charge is 2.26. The van der Waals surface area contributed by atoms with E-state index >= 15 is 0 Å². The van der Waals surface area contributed by atoms with E-state index in [9.17, 15) is 0 Å². The summed E-state index contributed by atoms with van der Waals surface area (Å²) < 4.78 is 5.79. The summed E-state index contributed by atoms with van der Waals surface area (Å²) in [6, 6.07) is 11.1. The maximum atomic E-state index is 5.98. The molecule has 3 atom stereocenters. The van der Waals surface area contributed by atoms with Gasteiger partial charge < -0.3 is 10.5 Å². The highest BCUT2D eigenvalue weighted by Crippen LogP contribution is 2.16. The van der Waals surface area contributed by atoms with Crippen LogP contribution in [0.1, 0.15) is 25.8 Å². The Morgan fingerprint density at radius 1 is 1.21 bits per heavy atom. The van der Waals surface area contributed by atoms with Crippen molar-refractivity contribution < 1.29 is 4.74 Å². The van der Waals surface area contributed by atoms with E-state index < -0.39 is 0 Å². The van der Waals surface area contributed by atoms with Crippen LogP contribution in [0.25, 0.3) is 0 Å². The fraction of sp³-hybridized carbons (Fsp3) is 0.625. The molecular formula is C16H26N2O. The molecule has 0 amide bonds. The van der Waals surface area contributed by atoms with E-state index in [4.69, 9.17) is 10.5 Å². The van der Waals surface area contributed by atoms with Crippen LogP contribution in [0.2, 0.25) is 0 Å². The van der Waals surface area contributed by atoms with Crippen LogP contribution in [-0.2, 0) is 11.2 Å². The van der Waals surface area contributed by atoms with Gasteiger partial charge in [0.25, 0.3) is 0 Å². The first-order valence-electron chi connectivity index (χ1n) is 7.32. The molecule has 1 heterocycles. The third kappa shape index (κ3) is 4.30. The van der Waals surface area contributed by atoms with E-state index in [1.165, 1.54) is 5.56 Å². The molecule has 1 aliphatic heterocycles. The van der Waals surface area contributed by atoms with E-state index in [0.717, 1.165) is 32.5 Å². The Morgan fingerprint density at radius 3 is 2.42 bits per heavy atom. The molecule has 0 spiro atoms. The molecule has 106 valence electrons. The van der Waals surface area contributed by atoms with Crippen molar-refractivity contribution in [2.24, 2.45) is 5.73 Å². The first-order valence-corrected chi connectivity index (χ1v) is 7.32. The maximum absolute atomic E-state index is 5.98. The molecule has 0 bridgehead atoms. The van der Waals surface area contributed by atoms with Gasteiger partial charge in [-0.1, -0.05) is 30.3 Å². The van der Waals surface area contributed by atoms with Crippen molar-refractivity contribution in [2.45, 2.75) is 44.9 Å². The number of rotatable bonds is 5. The van der Waals surface area contributed by atoms with Crippen molar-refractivity contribution >= 4 is 0 Å². The SMILES string of the molecule is C[C@@H]1CN(C(CN)CCc2ccccc2)C[C@H](C)O1. The first kappa shape index (κ1) is 14.5. The van der Waals surface area contributed by atoms with Gasteiger partial charge in [-0.15, -0.1) is 0 Å². The lowest BCUT2D eigenvalue weighted by Crippen LogP contribution is -2.52. The van der Waals surface area contributed by atoms with Crippen LogP contribution in [0, 0.1) is 0 Å². The van der Waals surface area contributed by atoms with Crippen molar-refractivity contribution in [2.75, 3.05) is 19.6 Å². The van der Waals surface area contributed by atoms with E-state index in [2.05, 4.69) is 49.1 Å². The summed E-state index contributed by atoms with van der Waals surface area (Å²) in [4.78, 5) is 2.50. The second-order valence-electron chi connectivity index (χ2n) is 5.63. The molecule has 19 heavy (non-hydrogen) atoms. The number of aryl methyl sites for hydroxylation is 1. The lowest BCUT2D eigenvalue weighted by molar-refractivity contribution is -0.0800. The molecule has 3 nitrogen and oxygen atoms in total. The van der Waals surface area contributed by atoms with Crippen LogP contribution < -0.4 is 5.73 Å². The van der Waals surface area contributed by atoms with Crippen LogP contribution in [-0.4, -0.2) is 42.8 Å². The molecule has 0 aromatic heterocycles. The van der Waals surface area contributed by atoms with Gasteiger partial charge in [-0.2, -0.15) is 0 Å². The van der Waals surface area contributed by atoms with Gasteiger partial charge in [0.15, 0.2) is 0 Å². The maximum Gasteiger partial charge on any atom is 0.0678 e. The van der Waals surface area contributed by atoms with Gasteiger partial charge >= 0.3 is 0 Å². The number of morpholine rings is 1. The molecule has 2 rings (SSSR count). The number of nitrogens with zero attached hydrogens (tertiary/aromatic N) is 1. The van der Waals surface area contributed by atoms with Gasteiger partial charge in [-0.05, 0) is 32.3 Å². The molecule has 0 radical (unpaired) electrons. The topological polar surface area (TPSA) is 38.5 Å². The van der Waals surface area contributed by atoms with E-state index in [-0.39, 0.29) is 0 Å². The molecule has 2 N–H and O–H groups in total. The van der Waals surface area contributed by atoms with E-state index in [1.807, 2.05) is 0 Å². The van der Waals surface area contributed by atoms with Crippen molar-refractivity contribution in [3.63, 3.8) is 0 Å². The molecule has 1 saturated heterocycles. The zero-order valence-electron chi connectivity index (χ0n) is 12.1. The predicted molar refractivity (Wildman–Crippen MR) is 79.2 cm³/mol. The van der Waals surface area contributed by atoms with Crippen LogP contribution >= 0.6 is 0 Å². The summed E-state index contributed by atoms with van der Waals surface area (Å²) in [6.07, 6.45) is 2.85. The lowest BCUT2D eigenvalue weighted by atomic mass is 10.0. The standard InChI is InChI=1S/C16H26N2O/c1-13-11-18(12-14(2)19-13)16(10-17)9-8-15-6-4-3-5-7-15/h3-7,13-14,16H,8-12,17H2,1-2H3/t13-,14+,16?. The fourth-order valence-electron chi connectivity index (χ4n) is 2.94. The second kappa shape index (κ2) is 7.04. The fourth-order valence-corrected chi connectivity index (χ4v) is 2.94. The van der Waals surface area contributed by atoms with Gasteiger partial charge in [-0.25, -0.2) is 0 Å². The summed E-state index contributed by atoms with van der Waals surface area (Å²) in [5.41, 5.74) is 7.37. The number of ether oxygens (including phenoxy) is 1. The smallest absolute Gasteiger partial charge is 0.0678 e. The van der Waals surface area contributed by atoms with Crippen molar-refractivity contribution in [3.8, 4) is 0 Å². The quantitative estimate of drug-likeness (QED) is 0.882. The second-order valence-corrected chi connectivity index (χ2v) is 5.63. The summed E-state index contributed by atoms with van der Waals surface area (Å²) in [5, 5.41) is 0. The summed E-state index contributed by atoms with van der Waals surface area (Å²) in [7, 11) is 0. The van der Waals surface area contributed by atoms with Gasteiger partial charge in [0.1, 0.15) is 0 Å². The number of hydrogen-bond acceptors (Lipinski definition) is 3. The lowest BCUT2D eigenvalue weighted by Gasteiger charge is -2.40. The zero-order chi connectivity index (χ0) is 13.7. The minimum absolute atomic E-state index is 0.314. The molecule has 1 aromatic rings. The Bertz CT molecular complexity index is 358.